The fraction of sp³-hybridized carbons (Fsp3) is 0.500. The standard InChI is InChI=1S/C16H22N2O2/c1-4-12(2)11-18-14(19)16(3,17-15(18)20)10-13-8-6-5-7-9-13/h5-9,12H,4,10-11H2,1-3H3,(H,17,20)/t12-,16-/m1/s1. The van der Waals surface area contributed by atoms with Crippen LogP contribution >= 0.6 is 0 Å². The topological polar surface area (TPSA) is 49.4 Å². The van der Waals surface area contributed by atoms with Crippen molar-refractivity contribution in [1.29, 1.82) is 0 Å². The molecule has 1 heterocycles. The first-order valence-corrected chi connectivity index (χ1v) is 7.14. The molecule has 1 aliphatic rings. The molecule has 4 nitrogen and oxygen atoms in total. The molecule has 0 spiro atoms. The number of carbonyl (C=O) groups is 2. The molecule has 2 rings (SSSR count). The van der Waals surface area contributed by atoms with Gasteiger partial charge in [-0.25, -0.2) is 4.79 Å². The van der Waals surface area contributed by atoms with Gasteiger partial charge in [0.1, 0.15) is 5.54 Å². The highest BCUT2D eigenvalue weighted by Gasteiger charge is 2.47. The molecule has 0 unspecified atom stereocenters. The minimum atomic E-state index is -0.827. The third-order valence-corrected chi connectivity index (χ3v) is 3.94. The molecule has 1 saturated heterocycles. The second-order valence-electron chi connectivity index (χ2n) is 5.85. The summed E-state index contributed by atoms with van der Waals surface area (Å²) in [6.07, 6.45) is 1.47. The SMILES string of the molecule is CC[C@@H](C)CN1C(=O)N[C@](C)(Cc2ccccc2)C1=O. The summed E-state index contributed by atoms with van der Waals surface area (Å²) in [5.74, 6) is 0.204. The van der Waals surface area contributed by atoms with Crippen LogP contribution in [0.15, 0.2) is 30.3 Å². The van der Waals surface area contributed by atoms with Gasteiger partial charge in [0, 0.05) is 13.0 Å². The van der Waals surface area contributed by atoms with Crippen LogP contribution in [0.3, 0.4) is 0 Å². The van der Waals surface area contributed by atoms with Gasteiger partial charge in [-0.2, -0.15) is 0 Å². The fourth-order valence-electron chi connectivity index (χ4n) is 2.48. The number of hydrogen-bond acceptors (Lipinski definition) is 2. The summed E-state index contributed by atoms with van der Waals surface area (Å²) in [5, 5.41) is 2.85. The third-order valence-electron chi connectivity index (χ3n) is 3.94. The van der Waals surface area contributed by atoms with Crippen molar-refractivity contribution in [2.45, 2.75) is 39.2 Å². The number of amides is 3. The van der Waals surface area contributed by atoms with E-state index >= 15 is 0 Å². The van der Waals surface area contributed by atoms with Crippen molar-refractivity contribution in [2.24, 2.45) is 5.92 Å². The Hall–Kier alpha value is -1.84. The molecule has 3 amide bonds. The second-order valence-corrected chi connectivity index (χ2v) is 5.85. The van der Waals surface area contributed by atoms with Gasteiger partial charge in [-0.3, -0.25) is 9.69 Å². The van der Waals surface area contributed by atoms with Gasteiger partial charge in [0.2, 0.25) is 0 Å². The highest BCUT2D eigenvalue weighted by atomic mass is 16.2. The average molecular weight is 274 g/mol. The molecule has 0 saturated carbocycles. The lowest BCUT2D eigenvalue weighted by atomic mass is 9.92. The number of hydrogen-bond donors (Lipinski definition) is 1. The van der Waals surface area contributed by atoms with Crippen molar-refractivity contribution in [3.63, 3.8) is 0 Å². The van der Waals surface area contributed by atoms with Crippen LogP contribution < -0.4 is 5.32 Å². The molecule has 0 aliphatic carbocycles. The summed E-state index contributed by atoms with van der Waals surface area (Å²) in [7, 11) is 0. The maximum absolute atomic E-state index is 12.5. The summed E-state index contributed by atoms with van der Waals surface area (Å²) in [4.78, 5) is 25.9. The molecule has 1 aliphatic heterocycles. The number of nitrogens with zero attached hydrogens (tertiary/aromatic N) is 1. The van der Waals surface area contributed by atoms with E-state index in [2.05, 4.69) is 12.2 Å². The van der Waals surface area contributed by atoms with E-state index in [4.69, 9.17) is 0 Å². The van der Waals surface area contributed by atoms with E-state index in [1.807, 2.05) is 37.3 Å². The van der Waals surface area contributed by atoms with Gasteiger partial charge in [-0.1, -0.05) is 50.6 Å². The van der Waals surface area contributed by atoms with E-state index < -0.39 is 5.54 Å². The number of carbonyl (C=O) groups excluding carboxylic acids is 2. The van der Waals surface area contributed by atoms with Crippen LogP contribution in [0.1, 0.15) is 32.8 Å². The van der Waals surface area contributed by atoms with E-state index in [-0.39, 0.29) is 11.9 Å². The van der Waals surface area contributed by atoms with Gasteiger partial charge < -0.3 is 5.32 Å². The van der Waals surface area contributed by atoms with Gasteiger partial charge in [-0.05, 0) is 18.4 Å². The number of imide groups is 1. The Bertz CT molecular complexity index is 500. The molecule has 0 radical (unpaired) electrons. The van der Waals surface area contributed by atoms with Crippen molar-refractivity contribution < 1.29 is 9.59 Å². The summed E-state index contributed by atoms with van der Waals surface area (Å²) in [6.45, 7) is 6.40. The number of rotatable bonds is 5. The van der Waals surface area contributed by atoms with Crippen molar-refractivity contribution in [1.82, 2.24) is 10.2 Å². The number of urea groups is 1. The van der Waals surface area contributed by atoms with Gasteiger partial charge >= 0.3 is 6.03 Å². The monoisotopic (exact) mass is 274 g/mol. The third kappa shape index (κ3) is 2.84. The lowest BCUT2D eigenvalue weighted by Crippen LogP contribution is -2.46. The summed E-state index contributed by atoms with van der Waals surface area (Å²) < 4.78 is 0. The molecule has 2 atom stereocenters. The Kier molecular flexibility index (Phi) is 4.12. The van der Waals surface area contributed by atoms with E-state index in [1.54, 1.807) is 6.92 Å². The lowest BCUT2D eigenvalue weighted by Gasteiger charge is -2.22. The van der Waals surface area contributed by atoms with Gasteiger partial charge in [-0.15, -0.1) is 0 Å². The van der Waals surface area contributed by atoms with E-state index in [0.717, 1.165) is 12.0 Å². The molecule has 0 aromatic heterocycles. The normalized spacial score (nSPS) is 23.9. The van der Waals surface area contributed by atoms with Gasteiger partial charge in [0.25, 0.3) is 5.91 Å². The maximum Gasteiger partial charge on any atom is 0.325 e. The van der Waals surface area contributed by atoms with Crippen LogP contribution in [0.25, 0.3) is 0 Å². The highest BCUT2D eigenvalue weighted by Crippen LogP contribution is 2.23. The van der Waals surface area contributed by atoms with E-state index in [1.165, 1.54) is 4.90 Å². The predicted molar refractivity (Wildman–Crippen MR) is 78.3 cm³/mol. The molecule has 20 heavy (non-hydrogen) atoms. The summed E-state index contributed by atoms with van der Waals surface area (Å²) in [5.41, 5.74) is 0.223. The average Bonchev–Trinajstić information content (AvgIpc) is 2.63. The number of nitrogens with one attached hydrogen (secondary N) is 1. The minimum Gasteiger partial charge on any atom is -0.323 e. The fourth-order valence-corrected chi connectivity index (χ4v) is 2.48. The lowest BCUT2D eigenvalue weighted by molar-refractivity contribution is -0.131. The van der Waals surface area contributed by atoms with Crippen LogP contribution in [-0.2, 0) is 11.2 Å². The predicted octanol–water partition coefficient (Wildman–Crippen LogP) is 2.59. The first-order chi connectivity index (χ1) is 9.46. The summed E-state index contributed by atoms with van der Waals surface area (Å²) in [6, 6.07) is 9.50. The Morgan fingerprint density at radius 1 is 1.25 bits per heavy atom. The smallest absolute Gasteiger partial charge is 0.323 e. The molecule has 1 aromatic carbocycles. The van der Waals surface area contributed by atoms with Crippen LogP contribution in [0.2, 0.25) is 0 Å². The molecule has 0 bridgehead atoms. The quantitative estimate of drug-likeness (QED) is 0.839. The molecular formula is C16H22N2O2. The van der Waals surface area contributed by atoms with E-state index in [0.29, 0.717) is 18.9 Å². The minimum absolute atomic E-state index is 0.119. The summed E-state index contributed by atoms with van der Waals surface area (Å²) >= 11 is 0. The van der Waals surface area contributed by atoms with Crippen LogP contribution in [0, 0.1) is 5.92 Å². The Morgan fingerprint density at radius 2 is 1.90 bits per heavy atom. The Morgan fingerprint density at radius 3 is 2.50 bits per heavy atom. The molecule has 1 N–H and O–H groups in total. The van der Waals surface area contributed by atoms with Crippen molar-refractivity contribution in [3.8, 4) is 0 Å². The van der Waals surface area contributed by atoms with Gasteiger partial charge in [0.15, 0.2) is 0 Å². The van der Waals surface area contributed by atoms with E-state index in [9.17, 15) is 9.59 Å². The molecule has 1 aromatic rings. The maximum atomic E-state index is 12.5. The zero-order valence-corrected chi connectivity index (χ0v) is 12.3. The van der Waals surface area contributed by atoms with Crippen LogP contribution in [0.4, 0.5) is 4.79 Å². The molecule has 108 valence electrons. The van der Waals surface area contributed by atoms with Crippen LogP contribution in [0.5, 0.6) is 0 Å². The molecular weight excluding hydrogens is 252 g/mol. The first-order valence-electron chi connectivity index (χ1n) is 7.14. The zero-order chi connectivity index (χ0) is 14.8. The van der Waals surface area contributed by atoms with Crippen molar-refractivity contribution in [3.05, 3.63) is 35.9 Å². The number of benzene rings is 1. The van der Waals surface area contributed by atoms with Gasteiger partial charge in [0.05, 0.1) is 0 Å². The van der Waals surface area contributed by atoms with Crippen LogP contribution in [-0.4, -0.2) is 28.9 Å². The van der Waals surface area contributed by atoms with Crippen molar-refractivity contribution in [2.75, 3.05) is 6.54 Å². The van der Waals surface area contributed by atoms with Crippen molar-refractivity contribution >= 4 is 11.9 Å². The highest BCUT2D eigenvalue weighted by molar-refractivity contribution is 6.06. The zero-order valence-electron chi connectivity index (χ0n) is 12.3. The molecule has 1 fully saturated rings. The first kappa shape index (κ1) is 14.6. The Balaban J connectivity index is 2.13. The Labute approximate surface area is 120 Å². The molecule has 4 heteroatoms. The largest absolute Gasteiger partial charge is 0.325 e. The second kappa shape index (κ2) is 5.65.